The minimum absolute atomic E-state index is 0. The highest BCUT2D eigenvalue weighted by atomic mass is 14.6. The Morgan fingerprint density at radius 3 is 2.07 bits per heavy atom. The molecule has 1 rings (SSSR count). The van der Waals surface area contributed by atoms with E-state index in [1.54, 1.807) is 7.05 Å². The molecule has 0 saturated heterocycles. The summed E-state index contributed by atoms with van der Waals surface area (Å²) in [5.74, 6) is 0. The molecule has 1 aromatic carbocycles. The number of hydrogen-bond acceptors (Lipinski definition) is 1. The maximum atomic E-state index is 4.04. The highest BCUT2D eigenvalue weighted by Gasteiger charge is 2.00. The number of rotatable bonds is 1. The zero-order valence-electron chi connectivity index (χ0n) is 10.2. The van der Waals surface area contributed by atoms with Crippen LogP contribution in [0.3, 0.4) is 0 Å². The zero-order valence-corrected chi connectivity index (χ0v) is 10.2. The van der Waals surface area contributed by atoms with Gasteiger partial charge in [-0.25, -0.2) is 0 Å². The molecule has 1 heteroatoms. The summed E-state index contributed by atoms with van der Waals surface area (Å²) in [6, 6.07) is 4.29. The second-order valence-corrected chi connectivity index (χ2v) is 3.13. The molecular weight excluding hydrogens is 170 g/mol. The number of aryl methyl sites for hydroxylation is 2. The maximum Gasteiger partial charge on any atom is 0.0286 e. The van der Waals surface area contributed by atoms with E-state index in [1.165, 1.54) is 22.3 Å². The average molecular weight is 193 g/mol. The molecule has 0 unspecified atom stereocenters. The quantitative estimate of drug-likeness (QED) is 0.599. The van der Waals surface area contributed by atoms with Crippen molar-refractivity contribution in [3.63, 3.8) is 0 Å². The highest BCUT2D eigenvalue weighted by Crippen LogP contribution is 2.15. The van der Waals surface area contributed by atoms with E-state index in [1.807, 2.05) is 20.1 Å². The Labute approximate surface area is 89.4 Å². The molecule has 80 valence electrons. The Bertz CT molecular complexity index is 317. The third-order valence-corrected chi connectivity index (χ3v) is 2.26. The molecule has 0 fully saturated rings. The predicted octanol–water partition coefficient (Wildman–Crippen LogP) is 3.93. The van der Waals surface area contributed by atoms with Gasteiger partial charge in [-0.2, -0.15) is 0 Å². The van der Waals surface area contributed by atoms with Gasteiger partial charge in [0.05, 0.1) is 0 Å². The van der Waals surface area contributed by atoms with E-state index in [-0.39, 0.29) is 1.43 Å². The molecule has 0 aliphatic rings. The molecule has 0 heterocycles. The summed E-state index contributed by atoms with van der Waals surface area (Å²) in [7, 11) is 1.81. The van der Waals surface area contributed by atoms with Gasteiger partial charge in [0.1, 0.15) is 0 Å². The van der Waals surface area contributed by atoms with E-state index < -0.39 is 0 Å². The normalized spacial score (nSPS) is 9.86. The van der Waals surface area contributed by atoms with Gasteiger partial charge in [0.15, 0.2) is 0 Å². The monoisotopic (exact) mass is 193 g/mol. The first-order chi connectivity index (χ1) is 6.66. The first kappa shape index (κ1) is 12.9. The van der Waals surface area contributed by atoms with Gasteiger partial charge in [-0.3, -0.25) is 4.99 Å². The Morgan fingerprint density at radius 2 is 1.57 bits per heavy atom. The van der Waals surface area contributed by atoms with Crippen LogP contribution in [0, 0.1) is 20.8 Å². The molecule has 0 atom stereocenters. The number of nitrogens with zero attached hydrogens (tertiary/aromatic N) is 1. The fraction of sp³-hybridized carbons (Fsp3) is 0.462. The van der Waals surface area contributed by atoms with Crippen LogP contribution in [-0.2, 0) is 0 Å². The minimum atomic E-state index is 0. The summed E-state index contributed by atoms with van der Waals surface area (Å²) in [6.45, 7) is 10.4. The van der Waals surface area contributed by atoms with Crippen LogP contribution in [0.4, 0.5) is 0 Å². The highest BCUT2D eigenvalue weighted by molar-refractivity contribution is 5.84. The Kier molecular flexibility index (Phi) is 5.86. The van der Waals surface area contributed by atoms with Gasteiger partial charge in [0.25, 0.3) is 0 Å². The Balaban J connectivity index is 0. The molecule has 0 N–H and O–H groups in total. The lowest BCUT2D eigenvalue weighted by atomic mass is 9.99. The summed E-state index contributed by atoms with van der Waals surface area (Å²) < 4.78 is 0. The first-order valence-corrected chi connectivity index (χ1v) is 5.15. The van der Waals surface area contributed by atoms with Crippen LogP contribution in [0.15, 0.2) is 17.1 Å². The molecule has 14 heavy (non-hydrogen) atoms. The van der Waals surface area contributed by atoms with Crippen molar-refractivity contribution in [1.82, 2.24) is 0 Å². The lowest BCUT2D eigenvalue weighted by molar-refractivity contribution is 1.28. The van der Waals surface area contributed by atoms with Crippen LogP contribution >= 0.6 is 0 Å². The summed E-state index contributed by atoms with van der Waals surface area (Å²) in [5, 5.41) is 0. The van der Waals surface area contributed by atoms with E-state index in [0.29, 0.717) is 0 Å². The van der Waals surface area contributed by atoms with Crippen LogP contribution in [-0.4, -0.2) is 13.3 Å². The zero-order chi connectivity index (χ0) is 11.1. The third kappa shape index (κ3) is 2.99. The molecule has 0 amide bonds. The summed E-state index contributed by atoms with van der Waals surface area (Å²) in [5.41, 5.74) is 5.22. The van der Waals surface area contributed by atoms with Crippen LogP contribution in [0.2, 0.25) is 0 Å². The van der Waals surface area contributed by atoms with Gasteiger partial charge in [0, 0.05) is 14.7 Å². The molecule has 1 nitrogen and oxygen atoms in total. The smallest absolute Gasteiger partial charge is 0.0286 e. The third-order valence-electron chi connectivity index (χ3n) is 2.26. The molecule has 0 spiro atoms. The van der Waals surface area contributed by atoms with E-state index in [4.69, 9.17) is 0 Å². The second kappa shape index (κ2) is 6.36. The molecule has 0 radical (unpaired) electrons. The molecule has 0 saturated carbocycles. The second-order valence-electron chi connectivity index (χ2n) is 3.13. The van der Waals surface area contributed by atoms with Crippen molar-refractivity contribution in [2.24, 2.45) is 4.99 Å². The summed E-state index contributed by atoms with van der Waals surface area (Å²) in [4.78, 5) is 4.04. The topological polar surface area (TPSA) is 12.4 Å². The molecular formula is C13H23N. The summed E-state index contributed by atoms with van der Waals surface area (Å²) >= 11 is 0. The van der Waals surface area contributed by atoms with Gasteiger partial charge in [-0.05, 0) is 43.0 Å². The average Bonchev–Trinajstić information content (AvgIpc) is 2.22. The van der Waals surface area contributed by atoms with Crippen LogP contribution in [0.1, 0.15) is 37.5 Å². The number of hydrogen-bond donors (Lipinski definition) is 0. The fourth-order valence-corrected chi connectivity index (χ4v) is 1.30. The van der Waals surface area contributed by atoms with Gasteiger partial charge >= 0.3 is 0 Å². The van der Waals surface area contributed by atoms with Crippen molar-refractivity contribution in [3.05, 3.63) is 34.4 Å². The predicted molar refractivity (Wildman–Crippen MR) is 67.6 cm³/mol. The maximum absolute atomic E-state index is 4.04. The molecule has 0 aliphatic heterocycles. The Hall–Kier alpha value is -1.11. The van der Waals surface area contributed by atoms with Gasteiger partial charge in [-0.15, -0.1) is 0 Å². The number of aliphatic imine (C=N–C) groups is 1. The van der Waals surface area contributed by atoms with E-state index in [0.717, 1.165) is 0 Å². The molecule has 0 aliphatic carbocycles. The van der Waals surface area contributed by atoms with Crippen LogP contribution < -0.4 is 0 Å². The van der Waals surface area contributed by atoms with E-state index >= 15 is 0 Å². The minimum Gasteiger partial charge on any atom is -0.296 e. The Morgan fingerprint density at radius 1 is 1.07 bits per heavy atom. The van der Waals surface area contributed by atoms with Crippen molar-refractivity contribution in [1.29, 1.82) is 0 Å². The molecule has 0 bridgehead atoms. The van der Waals surface area contributed by atoms with Crippen molar-refractivity contribution >= 4 is 6.21 Å². The van der Waals surface area contributed by atoms with Gasteiger partial charge < -0.3 is 0 Å². The van der Waals surface area contributed by atoms with Gasteiger partial charge in [0.2, 0.25) is 0 Å². The van der Waals surface area contributed by atoms with E-state index in [9.17, 15) is 0 Å². The van der Waals surface area contributed by atoms with Crippen molar-refractivity contribution in [2.45, 2.75) is 34.6 Å². The van der Waals surface area contributed by atoms with Gasteiger partial charge in [-0.1, -0.05) is 26.0 Å². The lowest BCUT2D eigenvalue weighted by Gasteiger charge is -2.06. The standard InChI is InChI=1S/C11H15N.C2H6.H2/c1-8-5-6-9(2)11(7-12-4)10(8)3;1-2;/h5-7H,1-4H3;1-2H3;1H. The van der Waals surface area contributed by atoms with Crippen molar-refractivity contribution in [2.75, 3.05) is 7.05 Å². The molecule has 1 aromatic rings. The van der Waals surface area contributed by atoms with Crippen LogP contribution in [0.5, 0.6) is 0 Å². The summed E-state index contributed by atoms with van der Waals surface area (Å²) in [6.07, 6.45) is 1.93. The van der Waals surface area contributed by atoms with Crippen molar-refractivity contribution < 1.29 is 1.43 Å². The first-order valence-electron chi connectivity index (χ1n) is 5.15. The lowest BCUT2D eigenvalue weighted by Crippen LogP contribution is -1.94. The molecule has 0 aromatic heterocycles. The number of benzene rings is 1. The van der Waals surface area contributed by atoms with Crippen molar-refractivity contribution in [3.8, 4) is 0 Å². The largest absolute Gasteiger partial charge is 0.296 e. The van der Waals surface area contributed by atoms with Crippen LogP contribution in [0.25, 0.3) is 0 Å². The fourth-order valence-electron chi connectivity index (χ4n) is 1.30. The van der Waals surface area contributed by atoms with E-state index in [2.05, 4.69) is 37.9 Å². The SMILES string of the molecule is CC.CN=Cc1c(C)ccc(C)c1C.[HH].